The number of piperidine rings is 1. The van der Waals surface area contributed by atoms with E-state index in [1.807, 2.05) is 30.3 Å². The van der Waals surface area contributed by atoms with Crippen LogP contribution < -0.4 is 5.56 Å². The van der Waals surface area contributed by atoms with Gasteiger partial charge in [0.1, 0.15) is 0 Å². The first-order valence-electron chi connectivity index (χ1n) is 7.19. The van der Waals surface area contributed by atoms with Crippen molar-refractivity contribution < 1.29 is 0 Å². The normalized spacial score (nSPS) is 16.2. The number of rotatable bonds is 3. The second kappa shape index (κ2) is 6.01. The van der Waals surface area contributed by atoms with E-state index in [-0.39, 0.29) is 5.56 Å². The van der Waals surface area contributed by atoms with Crippen LogP contribution in [0.3, 0.4) is 0 Å². The molecular weight excluding hydrogens is 250 g/mol. The number of aromatic nitrogens is 2. The minimum Gasteiger partial charge on any atom is -0.284 e. The first kappa shape index (κ1) is 13.1. The maximum Gasteiger partial charge on any atom is 0.268 e. The first-order valence-corrected chi connectivity index (χ1v) is 7.19. The molecule has 2 heterocycles. The van der Waals surface area contributed by atoms with Crippen LogP contribution in [0, 0.1) is 0 Å². The van der Waals surface area contributed by atoms with E-state index in [1.54, 1.807) is 16.8 Å². The maximum atomic E-state index is 12.0. The summed E-state index contributed by atoms with van der Waals surface area (Å²) >= 11 is 0. The molecule has 0 saturated carbocycles. The van der Waals surface area contributed by atoms with Crippen LogP contribution in [0.5, 0.6) is 0 Å². The fourth-order valence-electron chi connectivity index (χ4n) is 2.60. The van der Waals surface area contributed by atoms with Crippen LogP contribution in [-0.2, 0) is 6.67 Å². The Kier molecular flexibility index (Phi) is 3.92. The predicted octanol–water partition coefficient (Wildman–Crippen LogP) is 2.35. The minimum atomic E-state index is -0.0322. The summed E-state index contributed by atoms with van der Waals surface area (Å²) in [4.78, 5) is 14.2. The highest BCUT2D eigenvalue weighted by Gasteiger charge is 2.12. The van der Waals surface area contributed by atoms with Gasteiger partial charge in [0.2, 0.25) is 0 Å². The molecule has 1 aliphatic heterocycles. The molecule has 0 atom stereocenters. The van der Waals surface area contributed by atoms with Crippen LogP contribution in [-0.4, -0.2) is 27.8 Å². The Labute approximate surface area is 118 Å². The molecule has 0 spiro atoms. The van der Waals surface area contributed by atoms with Crippen LogP contribution in [0.15, 0.2) is 47.3 Å². The van der Waals surface area contributed by atoms with Gasteiger partial charge in [-0.1, -0.05) is 36.8 Å². The quantitative estimate of drug-likeness (QED) is 0.858. The highest BCUT2D eigenvalue weighted by molar-refractivity contribution is 5.57. The third-order valence-electron chi connectivity index (χ3n) is 3.72. The largest absolute Gasteiger partial charge is 0.284 e. The summed E-state index contributed by atoms with van der Waals surface area (Å²) in [5.41, 5.74) is 1.86. The van der Waals surface area contributed by atoms with Crippen molar-refractivity contribution in [3.63, 3.8) is 0 Å². The fraction of sp³-hybridized carbons (Fsp3) is 0.375. The summed E-state index contributed by atoms with van der Waals surface area (Å²) in [6, 6.07) is 13.4. The van der Waals surface area contributed by atoms with E-state index >= 15 is 0 Å². The van der Waals surface area contributed by atoms with Crippen molar-refractivity contribution in [3.8, 4) is 11.3 Å². The lowest BCUT2D eigenvalue weighted by Gasteiger charge is -2.26. The van der Waals surface area contributed by atoms with E-state index in [0.29, 0.717) is 6.67 Å². The van der Waals surface area contributed by atoms with Gasteiger partial charge < -0.3 is 0 Å². The Morgan fingerprint density at radius 1 is 0.950 bits per heavy atom. The second-order valence-electron chi connectivity index (χ2n) is 5.24. The van der Waals surface area contributed by atoms with E-state index < -0.39 is 0 Å². The zero-order valence-corrected chi connectivity index (χ0v) is 11.5. The predicted molar refractivity (Wildman–Crippen MR) is 79.4 cm³/mol. The Morgan fingerprint density at radius 3 is 2.45 bits per heavy atom. The fourth-order valence-corrected chi connectivity index (χ4v) is 2.60. The molecule has 4 heteroatoms. The topological polar surface area (TPSA) is 38.1 Å². The molecule has 3 rings (SSSR count). The highest BCUT2D eigenvalue weighted by Crippen LogP contribution is 2.14. The summed E-state index contributed by atoms with van der Waals surface area (Å²) in [5, 5.41) is 4.50. The van der Waals surface area contributed by atoms with Gasteiger partial charge in [0.25, 0.3) is 5.56 Å². The lowest BCUT2D eigenvalue weighted by atomic mass is 10.1. The SMILES string of the molecule is O=c1ccc(-c2ccccc2)nn1CN1CCCCC1. The summed E-state index contributed by atoms with van der Waals surface area (Å²) in [6.45, 7) is 2.72. The number of likely N-dealkylation sites (tertiary alicyclic amines) is 1. The van der Waals surface area contributed by atoms with E-state index in [2.05, 4.69) is 10.00 Å². The third-order valence-corrected chi connectivity index (χ3v) is 3.72. The molecule has 0 bridgehead atoms. The van der Waals surface area contributed by atoms with Crippen LogP contribution in [0.1, 0.15) is 19.3 Å². The van der Waals surface area contributed by atoms with Gasteiger partial charge >= 0.3 is 0 Å². The van der Waals surface area contributed by atoms with E-state index in [9.17, 15) is 4.79 Å². The molecule has 4 nitrogen and oxygen atoms in total. The van der Waals surface area contributed by atoms with Crippen molar-refractivity contribution in [1.29, 1.82) is 0 Å². The third kappa shape index (κ3) is 2.96. The highest BCUT2D eigenvalue weighted by atomic mass is 16.1. The summed E-state index contributed by atoms with van der Waals surface area (Å²) < 4.78 is 1.58. The Hall–Kier alpha value is -1.94. The number of hydrogen-bond acceptors (Lipinski definition) is 3. The van der Waals surface area contributed by atoms with Gasteiger partial charge in [-0.2, -0.15) is 5.10 Å². The monoisotopic (exact) mass is 269 g/mol. The number of nitrogens with zero attached hydrogens (tertiary/aromatic N) is 3. The van der Waals surface area contributed by atoms with Crippen molar-refractivity contribution in [1.82, 2.24) is 14.7 Å². The molecule has 0 N–H and O–H groups in total. The lowest BCUT2D eigenvalue weighted by Crippen LogP contribution is -2.36. The first-order chi connectivity index (χ1) is 9.83. The zero-order chi connectivity index (χ0) is 13.8. The zero-order valence-electron chi connectivity index (χ0n) is 11.5. The molecule has 0 amide bonds. The average molecular weight is 269 g/mol. The molecule has 1 fully saturated rings. The van der Waals surface area contributed by atoms with Crippen molar-refractivity contribution in [2.24, 2.45) is 0 Å². The Morgan fingerprint density at radius 2 is 1.70 bits per heavy atom. The standard InChI is InChI=1S/C16H19N3O/c20-16-10-9-15(14-7-3-1-4-8-14)17-19(16)13-18-11-5-2-6-12-18/h1,3-4,7-10H,2,5-6,11-13H2. The van der Waals surface area contributed by atoms with E-state index in [1.165, 1.54) is 19.3 Å². The van der Waals surface area contributed by atoms with E-state index in [4.69, 9.17) is 0 Å². The smallest absolute Gasteiger partial charge is 0.268 e. The molecule has 104 valence electrons. The van der Waals surface area contributed by atoms with Gasteiger partial charge in [-0.25, -0.2) is 4.68 Å². The number of benzene rings is 1. The summed E-state index contributed by atoms with van der Waals surface area (Å²) in [5.74, 6) is 0. The van der Waals surface area contributed by atoms with Crippen LogP contribution in [0.4, 0.5) is 0 Å². The summed E-state index contributed by atoms with van der Waals surface area (Å²) in [7, 11) is 0. The molecular formula is C16H19N3O. The van der Waals surface area contributed by atoms with Gasteiger partial charge in [-0.3, -0.25) is 9.69 Å². The molecule has 1 aromatic carbocycles. The van der Waals surface area contributed by atoms with Crippen molar-refractivity contribution in [3.05, 3.63) is 52.8 Å². The van der Waals surface area contributed by atoms with Crippen LogP contribution in [0.25, 0.3) is 11.3 Å². The second-order valence-corrected chi connectivity index (χ2v) is 5.24. The molecule has 1 saturated heterocycles. The molecule has 2 aromatic rings. The van der Waals surface area contributed by atoms with Crippen molar-refractivity contribution >= 4 is 0 Å². The summed E-state index contributed by atoms with van der Waals surface area (Å²) in [6.07, 6.45) is 3.73. The van der Waals surface area contributed by atoms with Crippen LogP contribution >= 0.6 is 0 Å². The van der Waals surface area contributed by atoms with Gasteiger partial charge in [0.15, 0.2) is 0 Å². The van der Waals surface area contributed by atoms with Gasteiger partial charge in [-0.05, 0) is 32.0 Å². The lowest BCUT2D eigenvalue weighted by molar-refractivity contribution is 0.170. The molecule has 0 aliphatic carbocycles. The average Bonchev–Trinajstić information content (AvgIpc) is 2.51. The Balaban J connectivity index is 1.85. The van der Waals surface area contributed by atoms with Gasteiger partial charge in [0.05, 0.1) is 12.4 Å². The molecule has 1 aromatic heterocycles. The van der Waals surface area contributed by atoms with Gasteiger partial charge in [-0.15, -0.1) is 0 Å². The van der Waals surface area contributed by atoms with Crippen molar-refractivity contribution in [2.45, 2.75) is 25.9 Å². The Bertz CT molecular complexity index is 615. The van der Waals surface area contributed by atoms with Crippen molar-refractivity contribution in [2.75, 3.05) is 13.1 Å². The van der Waals surface area contributed by atoms with Crippen LogP contribution in [0.2, 0.25) is 0 Å². The van der Waals surface area contributed by atoms with Gasteiger partial charge in [0, 0.05) is 11.6 Å². The molecule has 20 heavy (non-hydrogen) atoms. The minimum absolute atomic E-state index is 0.0322. The molecule has 0 unspecified atom stereocenters. The molecule has 1 aliphatic rings. The molecule has 0 radical (unpaired) electrons. The number of hydrogen-bond donors (Lipinski definition) is 0. The maximum absolute atomic E-state index is 12.0. The van der Waals surface area contributed by atoms with E-state index in [0.717, 1.165) is 24.3 Å².